The van der Waals surface area contributed by atoms with Crippen LogP contribution in [0.4, 0.5) is 0 Å². The van der Waals surface area contributed by atoms with Crippen molar-refractivity contribution in [2.45, 2.75) is 31.1 Å². The predicted molar refractivity (Wildman–Crippen MR) is 60.1 cm³/mol. The maximum atomic E-state index is 4.35. The smallest absolute Gasteiger partial charge is 0.0308 e. The molecule has 0 aliphatic heterocycles. The molecule has 0 heterocycles. The Morgan fingerprint density at radius 1 is 1.25 bits per heavy atom. The van der Waals surface area contributed by atoms with Gasteiger partial charge in [-0.25, -0.2) is 0 Å². The second-order valence-corrected chi connectivity index (χ2v) is 5.25. The summed E-state index contributed by atoms with van der Waals surface area (Å²) in [6, 6.07) is 6.28. The molecule has 66 valence electrons. The molecule has 0 atom stereocenters. The van der Waals surface area contributed by atoms with Gasteiger partial charge in [0.15, 0.2) is 0 Å². The van der Waals surface area contributed by atoms with Gasteiger partial charge in [-0.05, 0) is 39.0 Å². The maximum Gasteiger partial charge on any atom is 0.0308 e. The van der Waals surface area contributed by atoms with E-state index in [0.29, 0.717) is 0 Å². The Morgan fingerprint density at radius 3 is 2.25 bits per heavy atom. The molecule has 1 rings (SSSR count). The molecule has 0 fully saturated rings. The van der Waals surface area contributed by atoms with E-state index in [-0.39, 0.29) is 5.41 Å². The van der Waals surface area contributed by atoms with Crippen LogP contribution in [0.5, 0.6) is 0 Å². The molecular formula is C10H13BrS. The van der Waals surface area contributed by atoms with Gasteiger partial charge in [-0.2, -0.15) is 0 Å². The molecule has 0 aliphatic carbocycles. The van der Waals surface area contributed by atoms with Gasteiger partial charge in [-0.3, -0.25) is 0 Å². The average molecular weight is 245 g/mol. The van der Waals surface area contributed by atoms with Crippen molar-refractivity contribution in [3.63, 3.8) is 0 Å². The number of halogens is 1. The lowest BCUT2D eigenvalue weighted by Crippen LogP contribution is -2.10. The Morgan fingerprint density at radius 2 is 1.83 bits per heavy atom. The molecule has 0 amide bonds. The molecule has 1 aromatic rings. The van der Waals surface area contributed by atoms with Crippen molar-refractivity contribution in [1.82, 2.24) is 0 Å². The van der Waals surface area contributed by atoms with Crippen LogP contribution >= 0.6 is 28.6 Å². The predicted octanol–water partition coefficient (Wildman–Crippen LogP) is 4.04. The van der Waals surface area contributed by atoms with E-state index in [9.17, 15) is 0 Å². The zero-order valence-electron chi connectivity index (χ0n) is 7.56. The van der Waals surface area contributed by atoms with Gasteiger partial charge < -0.3 is 0 Å². The molecule has 0 radical (unpaired) electrons. The number of hydrogen-bond acceptors (Lipinski definition) is 1. The summed E-state index contributed by atoms with van der Waals surface area (Å²) in [7, 11) is 0. The Balaban J connectivity index is 3.14. The SMILES string of the molecule is CC(C)(C)c1ccc(Br)c(S)c1. The quantitative estimate of drug-likeness (QED) is 0.655. The summed E-state index contributed by atoms with van der Waals surface area (Å²) in [4.78, 5) is 1.00. The molecule has 0 unspecified atom stereocenters. The van der Waals surface area contributed by atoms with Crippen LogP contribution in [0.25, 0.3) is 0 Å². The Labute approximate surface area is 87.9 Å². The molecule has 0 aliphatic rings. The minimum atomic E-state index is 0.207. The molecule has 2 heteroatoms. The molecule has 0 aromatic heterocycles. The van der Waals surface area contributed by atoms with Crippen molar-refractivity contribution in [2.24, 2.45) is 0 Å². The van der Waals surface area contributed by atoms with Crippen LogP contribution < -0.4 is 0 Å². The van der Waals surface area contributed by atoms with E-state index in [1.165, 1.54) is 5.56 Å². The van der Waals surface area contributed by atoms with E-state index >= 15 is 0 Å². The van der Waals surface area contributed by atoms with Gasteiger partial charge in [0.2, 0.25) is 0 Å². The Hall–Kier alpha value is 0.0500. The zero-order valence-corrected chi connectivity index (χ0v) is 10.0. The lowest BCUT2D eigenvalue weighted by Gasteiger charge is -2.19. The van der Waals surface area contributed by atoms with E-state index in [1.807, 2.05) is 6.07 Å². The van der Waals surface area contributed by atoms with Gasteiger partial charge in [0.05, 0.1) is 0 Å². The highest BCUT2D eigenvalue weighted by Crippen LogP contribution is 2.28. The summed E-state index contributed by atoms with van der Waals surface area (Å²) in [6.45, 7) is 6.59. The molecular weight excluding hydrogens is 232 g/mol. The van der Waals surface area contributed by atoms with Crippen LogP contribution in [-0.2, 0) is 5.41 Å². The van der Waals surface area contributed by atoms with Gasteiger partial charge in [0.25, 0.3) is 0 Å². The fourth-order valence-corrected chi connectivity index (χ4v) is 1.44. The maximum absolute atomic E-state index is 4.35. The molecule has 0 saturated carbocycles. The minimum Gasteiger partial charge on any atom is -0.142 e. The first-order chi connectivity index (χ1) is 5.41. The number of rotatable bonds is 0. The lowest BCUT2D eigenvalue weighted by molar-refractivity contribution is 0.588. The van der Waals surface area contributed by atoms with Crippen LogP contribution in [-0.4, -0.2) is 0 Å². The second-order valence-electron chi connectivity index (χ2n) is 3.92. The molecule has 0 saturated heterocycles. The van der Waals surface area contributed by atoms with E-state index in [4.69, 9.17) is 0 Å². The summed E-state index contributed by atoms with van der Waals surface area (Å²) in [5.74, 6) is 0. The first-order valence-electron chi connectivity index (χ1n) is 3.90. The van der Waals surface area contributed by atoms with Gasteiger partial charge >= 0.3 is 0 Å². The number of benzene rings is 1. The topological polar surface area (TPSA) is 0 Å². The van der Waals surface area contributed by atoms with Crippen LogP contribution in [0, 0.1) is 0 Å². The van der Waals surface area contributed by atoms with Gasteiger partial charge in [0.1, 0.15) is 0 Å². The minimum absolute atomic E-state index is 0.207. The van der Waals surface area contributed by atoms with Crippen LogP contribution in [0.2, 0.25) is 0 Å². The van der Waals surface area contributed by atoms with Crippen molar-refractivity contribution in [3.05, 3.63) is 28.2 Å². The number of thiol groups is 1. The lowest BCUT2D eigenvalue weighted by atomic mass is 9.87. The van der Waals surface area contributed by atoms with Crippen molar-refractivity contribution in [1.29, 1.82) is 0 Å². The highest BCUT2D eigenvalue weighted by atomic mass is 79.9. The van der Waals surface area contributed by atoms with E-state index < -0.39 is 0 Å². The first kappa shape index (κ1) is 10.1. The third-order valence-electron chi connectivity index (χ3n) is 1.81. The zero-order chi connectivity index (χ0) is 9.35. The molecule has 0 nitrogen and oxygen atoms in total. The van der Waals surface area contributed by atoms with Crippen LogP contribution in [0.15, 0.2) is 27.6 Å². The molecule has 0 spiro atoms. The van der Waals surface area contributed by atoms with Crippen molar-refractivity contribution in [3.8, 4) is 0 Å². The van der Waals surface area contributed by atoms with Crippen molar-refractivity contribution in [2.75, 3.05) is 0 Å². The van der Waals surface area contributed by atoms with Crippen molar-refractivity contribution >= 4 is 28.6 Å². The Kier molecular flexibility index (Phi) is 2.89. The van der Waals surface area contributed by atoms with E-state index in [0.717, 1.165) is 9.37 Å². The van der Waals surface area contributed by atoms with Gasteiger partial charge in [-0.15, -0.1) is 12.6 Å². The summed E-state index contributed by atoms with van der Waals surface area (Å²) in [6.07, 6.45) is 0. The fourth-order valence-electron chi connectivity index (χ4n) is 0.979. The average Bonchev–Trinajstić information content (AvgIpc) is 1.92. The van der Waals surface area contributed by atoms with E-state index in [2.05, 4.69) is 61.5 Å². The van der Waals surface area contributed by atoms with Crippen LogP contribution in [0.3, 0.4) is 0 Å². The number of hydrogen-bond donors (Lipinski definition) is 1. The van der Waals surface area contributed by atoms with Gasteiger partial charge in [-0.1, -0.05) is 26.8 Å². The standard InChI is InChI=1S/C10H13BrS/c1-10(2,3)7-4-5-8(11)9(12)6-7/h4-6,12H,1-3H3. The summed E-state index contributed by atoms with van der Waals surface area (Å²) in [5.41, 5.74) is 1.52. The van der Waals surface area contributed by atoms with E-state index in [1.54, 1.807) is 0 Å². The fraction of sp³-hybridized carbons (Fsp3) is 0.400. The second kappa shape index (κ2) is 3.43. The highest BCUT2D eigenvalue weighted by molar-refractivity contribution is 9.10. The largest absolute Gasteiger partial charge is 0.142 e. The molecule has 12 heavy (non-hydrogen) atoms. The summed E-state index contributed by atoms with van der Waals surface area (Å²) >= 11 is 7.77. The summed E-state index contributed by atoms with van der Waals surface area (Å²) < 4.78 is 1.05. The molecule has 1 aromatic carbocycles. The van der Waals surface area contributed by atoms with Crippen molar-refractivity contribution < 1.29 is 0 Å². The van der Waals surface area contributed by atoms with Crippen LogP contribution in [0.1, 0.15) is 26.3 Å². The van der Waals surface area contributed by atoms with Gasteiger partial charge in [0, 0.05) is 9.37 Å². The first-order valence-corrected chi connectivity index (χ1v) is 5.14. The normalized spacial score (nSPS) is 11.8. The third kappa shape index (κ3) is 2.27. The molecule has 0 N–H and O–H groups in total. The third-order valence-corrected chi connectivity index (χ3v) is 3.18. The Bertz CT molecular complexity index is 286. The summed E-state index contributed by atoms with van der Waals surface area (Å²) in [5, 5.41) is 0. The molecule has 0 bridgehead atoms. The highest BCUT2D eigenvalue weighted by Gasteiger charge is 2.13. The monoisotopic (exact) mass is 244 g/mol.